The molecular weight excluding hydrogens is 246 g/mol. The van der Waals surface area contributed by atoms with E-state index < -0.39 is 5.97 Å². The number of likely N-dealkylation sites (N-methyl/N-ethyl adjacent to an activating group) is 1. The lowest BCUT2D eigenvalue weighted by molar-refractivity contribution is -0.129. The largest absolute Gasteiger partial charge is 0.464 e. The summed E-state index contributed by atoms with van der Waals surface area (Å²) in [6.45, 7) is 0.116. The van der Waals surface area contributed by atoms with Gasteiger partial charge in [-0.3, -0.25) is 4.79 Å². The van der Waals surface area contributed by atoms with Crippen LogP contribution in [0.3, 0.4) is 0 Å². The lowest BCUT2D eigenvalue weighted by Crippen LogP contribution is -2.27. The van der Waals surface area contributed by atoms with Crippen LogP contribution in [-0.2, 0) is 23.1 Å². The molecule has 0 aliphatic carbocycles. The van der Waals surface area contributed by atoms with Crippen molar-refractivity contribution < 1.29 is 14.3 Å². The van der Waals surface area contributed by atoms with E-state index in [0.717, 1.165) is 11.0 Å². The maximum atomic E-state index is 11.9. The van der Waals surface area contributed by atoms with E-state index >= 15 is 0 Å². The van der Waals surface area contributed by atoms with Gasteiger partial charge in [0.05, 0.1) is 18.1 Å². The molecule has 2 aromatic heterocycles. The quantitative estimate of drug-likeness (QED) is 0.772. The third-order valence-corrected chi connectivity index (χ3v) is 3.14. The van der Waals surface area contributed by atoms with Gasteiger partial charge in [0, 0.05) is 27.3 Å². The molecule has 0 fully saturated rings. The zero-order chi connectivity index (χ0) is 14.2. The number of amides is 1. The standard InChI is InChI=1S/C13H17N3O3/c1-14(2)12(17)8-16-9-5-6-15(3)10(9)7-11(16)13(18)19-4/h5-7H,8H2,1-4H3. The predicted octanol–water partition coefficient (Wildman–Crippen LogP) is 0.855. The smallest absolute Gasteiger partial charge is 0.354 e. The Morgan fingerprint density at radius 2 is 2.00 bits per heavy atom. The van der Waals surface area contributed by atoms with E-state index in [1.807, 2.05) is 23.9 Å². The molecule has 0 N–H and O–H groups in total. The molecule has 0 bridgehead atoms. The Labute approximate surface area is 111 Å². The van der Waals surface area contributed by atoms with Gasteiger partial charge in [-0.05, 0) is 12.1 Å². The van der Waals surface area contributed by atoms with Gasteiger partial charge in [-0.2, -0.15) is 0 Å². The van der Waals surface area contributed by atoms with Gasteiger partial charge in [0.15, 0.2) is 0 Å². The first kappa shape index (κ1) is 13.2. The second-order valence-electron chi connectivity index (χ2n) is 4.59. The first-order valence-corrected chi connectivity index (χ1v) is 5.88. The monoisotopic (exact) mass is 263 g/mol. The van der Waals surface area contributed by atoms with E-state index in [0.29, 0.717) is 5.69 Å². The normalized spacial score (nSPS) is 10.7. The summed E-state index contributed by atoms with van der Waals surface area (Å²) in [7, 11) is 6.59. The highest BCUT2D eigenvalue weighted by atomic mass is 16.5. The molecule has 0 unspecified atom stereocenters. The third-order valence-electron chi connectivity index (χ3n) is 3.14. The number of hydrogen-bond donors (Lipinski definition) is 0. The maximum absolute atomic E-state index is 11.9. The van der Waals surface area contributed by atoms with Crippen molar-refractivity contribution in [2.24, 2.45) is 7.05 Å². The number of ether oxygens (including phenoxy) is 1. The van der Waals surface area contributed by atoms with Gasteiger partial charge in [-0.1, -0.05) is 0 Å². The number of esters is 1. The molecule has 0 aliphatic heterocycles. The molecule has 19 heavy (non-hydrogen) atoms. The molecule has 0 aromatic carbocycles. The first-order chi connectivity index (χ1) is 8.95. The number of methoxy groups -OCH3 is 1. The molecule has 6 nitrogen and oxygen atoms in total. The highest BCUT2D eigenvalue weighted by Crippen LogP contribution is 2.21. The third kappa shape index (κ3) is 2.21. The molecule has 2 rings (SSSR count). The van der Waals surface area contributed by atoms with Gasteiger partial charge in [0.1, 0.15) is 12.2 Å². The van der Waals surface area contributed by atoms with Gasteiger partial charge in [0.2, 0.25) is 5.91 Å². The Morgan fingerprint density at radius 1 is 1.32 bits per heavy atom. The number of nitrogens with zero attached hydrogens (tertiary/aromatic N) is 3. The summed E-state index contributed by atoms with van der Waals surface area (Å²) in [5.74, 6) is -0.519. The molecule has 0 radical (unpaired) electrons. The van der Waals surface area contributed by atoms with Crippen molar-refractivity contribution in [2.45, 2.75) is 6.54 Å². The van der Waals surface area contributed by atoms with Crippen molar-refractivity contribution >= 4 is 22.9 Å². The summed E-state index contributed by atoms with van der Waals surface area (Å²) in [6.07, 6.45) is 1.89. The number of aromatic nitrogens is 2. The molecule has 6 heteroatoms. The van der Waals surface area contributed by atoms with Crippen LogP contribution < -0.4 is 0 Å². The average molecular weight is 263 g/mol. The average Bonchev–Trinajstić information content (AvgIpc) is 2.90. The summed E-state index contributed by atoms with van der Waals surface area (Å²) in [5.41, 5.74) is 2.13. The second kappa shape index (κ2) is 4.79. The van der Waals surface area contributed by atoms with Crippen LogP contribution in [0.15, 0.2) is 18.3 Å². The Hall–Kier alpha value is -2.24. The molecular formula is C13H17N3O3. The Bertz CT molecular complexity index is 637. The predicted molar refractivity (Wildman–Crippen MR) is 70.9 cm³/mol. The van der Waals surface area contributed by atoms with E-state index in [4.69, 9.17) is 4.74 Å². The fourth-order valence-electron chi connectivity index (χ4n) is 1.99. The number of aryl methyl sites for hydroxylation is 1. The van der Waals surface area contributed by atoms with Gasteiger partial charge in [-0.15, -0.1) is 0 Å². The summed E-state index contributed by atoms with van der Waals surface area (Å²) >= 11 is 0. The molecule has 0 aliphatic rings. The molecule has 0 saturated heterocycles. The minimum absolute atomic E-state index is 0.0773. The zero-order valence-corrected chi connectivity index (χ0v) is 11.5. The van der Waals surface area contributed by atoms with Gasteiger partial charge < -0.3 is 18.8 Å². The number of carbonyl (C=O) groups is 2. The van der Waals surface area contributed by atoms with Crippen LogP contribution in [0, 0.1) is 0 Å². The van der Waals surface area contributed by atoms with Crippen LogP contribution in [0.25, 0.3) is 11.0 Å². The second-order valence-corrected chi connectivity index (χ2v) is 4.59. The summed E-state index contributed by atoms with van der Waals surface area (Å²) < 4.78 is 8.35. The Morgan fingerprint density at radius 3 is 2.58 bits per heavy atom. The molecule has 0 spiro atoms. The van der Waals surface area contributed by atoms with E-state index in [1.165, 1.54) is 12.0 Å². The van der Waals surface area contributed by atoms with Crippen molar-refractivity contribution in [1.82, 2.24) is 14.0 Å². The summed E-state index contributed by atoms with van der Waals surface area (Å²) in [5, 5.41) is 0. The summed E-state index contributed by atoms with van der Waals surface area (Å²) in [6, 6.07) is 3.62. The van der Waals surface area contributed by atoms with E-state index in [9.17, 15) is 9.59 Å². The van der Waals surface area contributed by atoms with Crippen molar-refractivity contribution in [3.05, 3.63) is 24.0 Å². The minimum Gasteiger partial charge on any atom is -0.464 e. The van der Waals surface area contributed by atoms with Gasteiger partial charge in [0.25, 0.3) is 0 Å². The van der Waals surface area contributed by atoms with E-state index in [1.54, 1.807) is 24.7 Å². The van der Waals surface area contributed by atoms with Gasteiger partial charge >= 0.3 is 5.97 Å². The first-order valence-electron chi connectivity index (χ1n) is 5.88. The summed E-state index contributed by atoms with van der Waals surface area (Å²) in [4.78, 5) is 25.2. The van der Waals surface area contributed by atoms with E-state index in [-0.39, 0.29) is 12.5 Å². The lowest BCUT2D eigenvalue weighted by atomic mass is 10.4. The lowest BCUT2D eigenvalue weighted by Gasteiger charge is -2.13. The Balaban J connectivity index is 2.54. The van der Waals surface area contributed by atoms with Crippen LogP contribution in [0.1, 0.15) is 10.5 Å². The topological polar surface area (TPSA) is 56.5 Å². The number of fused-ring (bicyclic) bond motifs is 1. The highest BCUT2D eigenvalue weighted by Gasteiger charge is 2.20. The number of carbonyl (C=O) groups excluding carboxylic acids is 2. The van der Waals surface area contributed by atoms with Crippen molar-refractivity contribution in [2.75, 3.05) is 21.2 Å². The Kier molecular flexibility index (Phi) is 3.33. The van der Waals surface area contributed by atoms with Crippen molar-refractivity contribution in [3.63, 3.8) is 0 Å². The molecule has 2 aromatic rings. The molecule has 0 saturated carbocycles. The van der Waals surface area contributed by atoms with Crippen LogP contribution in [0.2, 0.25) is 0 Å². The SMILES string of the molecule is COC(=O)c1cc2c(ccn2C)n1CC(=O)N(C)C. The minimum atomic E-state index is -0.442. The molecule has 102 valence electrons. The maximum Gasteiger partial charge on any atom is 0.354 e. The van der Waals surface area contributed by atoms with E-state index in [2.05, 4.69) is 0 Å². The molecule has 2 heterocycles. The zero-order valence-electron chi connectivity index (χ0n) is 11.5. The van der Waals surface area contributed by atoms with Crippen LogP contribution in [0.4, 0.5) is 0 Å². The molecule has 1 amide bonds. The molecule has 0 atom stereocenters. The van der Waals surface area contributed by atoms with Crippen LogP contribution >= 0.6 is 0 Å². The van der Waals surface area contributed by atoms with Crippen molar-refractivity contribution in [1.29, 1.82) is 0 Å². The van der Waals surface area contributed by atoms with Crippen molar-refractivity contribution in [3.8, 4) is 0 Å². The van der Waals surface area contributed by atoms with Crippen LogP contribution in [-0.4, -0.2) is 47.1 Å². The van der Waals surface area contributed by atoms with Crippen LogP contribution in [0.5, 0.6) is 0 Å². The number of rotatable bonds is 3. The number of hydrogen-bond acceptors (Lipinski definition) is 3. The fraction of sp³-hybridized carbons (Fsp3) is 0.385. The highest BCUT2D eigenvalue weighted by molar-refractivity contribution is 5.95. The fourth-order valence-corrected chi connectivity index (χ4v) is 1.99. The van der Waals surface area contributed by atoms with Gasteiger partial charge in [-0.25, -0.2) is 4.79 Å².